The summed E-state index contributed by atoms with van der Waals surface area (Å²) in [5.74, 6) is 1.91. The normalized spacial score (nSPS) is 24.8. The Morgan fingerprint density at radius 3 is 2.93 bits per heavy atom. The van der Waals surface area contributed by atoms with Gasteiger partial charge in [0.05, 0.1) is 7.11 Å². The zero-order chi connectivity index (χ0) is 11.0. The monoisotopic (exact) mass is 287 g/mol. The third-order valence-electron chi connectivity index (χ3n) is 2.81. The Kier molecular flexibility index (Phi) is 3.28. The number of fused-ring (bicyclic) bond motifs is 1. The van der Waals surface area contributed by atoms with E-state index in [2.05, 4.69) is 22.9 Å². The molecule has 1 aliphatic rings. The van der Waals surface area contributed by atoms with Crippen molar-refractivity contribution in [3.8, 4) is 5.75 Å². The lowest BCUT2D eigenvalue weighted by Gasteiger charge is -2.30. The molecule has 0 aliphatic carbocycles. The fourth-order valence-corrected chi connectivity index (χ4v) is 3.62. The molecule has 2 nitrogen and oxygen atoms in total. The van der Waals surface area contributed by atoms with Crippen LogP contribution < -0.4 is 10.5 Å². The summed E-state index contributed by atoms with van der Waals surface area (Å²) >= 11 is 5.46. The van der Waals surface area contributed by atoms with Crippen molar-refractivity contribution in [1.82, 2.24) is 0 Å². The number of hydrogen-bond acceptors (Lipinski definition) is 3. The minimum Gasteiger partial charge on any atom is -0.496 e. The lowest BCUT2D eigenvalue weighted by molar-refractivity contribution is 0.404. The van der Waals surface area contributed by atoms with Crippen LogP contribution in [0.15, 0.2) is 16.6 Å². The predicted molar refractivity (Wildman–Crippen MR) is 68.4 cm³/mol. The maximum absolute atomic E-state index is 6.21. The molecule has 0 fully saturated rings. The van der Waals surface area contributed by atoms with Gasteiger partial charge >= 0.3 is 0 Å². The van der Waals surface area contributed by atoms with Crippen molar-refractivity contribution >= 4 is 27.7 Å². The van der Waals surface area contributed by atoms with Crippen LogP contribution in [0.5, 0.6) is 5.75 Å². The standard InChI is InChI=1S/C11H14BrNOS/c1-6-11(13)10-7(5-15-6)8(12)3-4-9(10)14-2/h3-4,6,11H,5,13H2,1-2H3. The molecule has 4 heteroatoms. The summed E-state index contributed by atoms with van der Waals surface area (Å²) in [6, 6.07) is 4.07. The molecule has 1 aromatic rings. The van der Waals surface area contributed by atoms with Crippen molar-refractivity contribution in [3.05, 3.63) is 27.7 Å². The van der Waals surface area contributed by atoms with Crippen LogP contribution in [-0.2, 0) is 5.75 Å². The van der Waals surface area contributed by atoms with E-state index >= 15 is 0 Å². The number of ether oxygens (including phenoxy) is 1. The number of benzene rings is 1. The second-order valence-corrected chi connectivity index (χ2v) is 5.90. The average molecular weight is 288 g/mol. The molecule has 2 atom stereocenters. The number of hydrogen-bond donors (Lipinski definition) is 1. The lowest BCUT2D eigenvalue weighted by atomic mass is 9.98. The predicted octanol–water partition coefficient (Wildman–Crippen LogP) is 3.09. The molecule has 0 aromatic heterocycles. The Labute approximate surface area is 103 Å². The second-order valence-electron chi connectivity index (χ2n) is 3.68. The third-order valence-corrected chi connectivity index (χ3v) is 4.83. The van der Waals surface area contributed by atoms with Gasteiger partial charge < -0.3 is 10.5 Å². The fourth-order valence-electron chi connectivity index (χ4n) is 1.86. The number of nitrogens with two attached hydrogens (primary N) is 1. The quantitative estimate of drug-likeness (QED) is 0.862. The SMILES string of the molecule is COc1ccc(Br)c2c1C(N)C(C)SC2. The molecule has 0 saturated heterocycles. The zero-order valence-corrected chi connectivity index (χ0v) is 11.2. The summed E-state index contributed by atoms with van der Waals surface area (Å²) in [6.07, 6.45) is 0. The van der Waals surface area contributed by atoms with Crippen molar-refractivity contribution in [2.75, 3.05) is 7.11 Å². The van der Waals surface area contributed by atoms with E-state index < -0.39 is 0 Å². The van der Waals surface area contributed by atoms with Gasteiger partial charge in [-0.2, -0.15) is 11.8 Å². The van der Waals surface area contributed by atoms with Crippen molar-refractivity contribution in [3.63, 3.8) is 0 Å². The van der Waals surface area contributed by atoms with Crippen molar-refractivity contribution in [1.29, 1.82) is 0 Å². The highest BCUT2D eigenvalue weighted by molar-refractivity contribution is 9.10. The van der Waals surface area contributed by atoms with Crippen LogP contribution in [-0.4, -0.2) is 12.4 Å². The molecule has 2 rings (SSSR count). The Hall–Kier alpha value is -0.190. The number of halogens is 1. The van der Waals surface area contributed by atoms with Crippen LogP contribution in [0.2, 0.25) is 0 Å². The highest BCUT2D eigenvalue weighted by Crippen LogP contribution is 2.43. The van der Waals surface area contributed by atoms with Crippen LogP contribution in [0.25, 0.3) is 0 Å². The highest BCUT2D eigenvalue weighted by atomic mass is 79.9. The molecule has 2 N–H and O–H groups in total. The molecule has 0 amide bonds. The van der Waals surface area contributed by atoms with Gasteiger partial charge in [0, 0.05) is 27.1 Å². The fraction of sp³-hybridized carbons (Fsp3) is 0.455. The maximum Gasteiger partial charge on any atom is 0.124 e. The molecule has 1 heterocycles. The molecule has 82 valence electrons. The topological polar surface area (TPSA) is 35.2 Å². The summed E-state index contributed by atoms with van der Waals surface area (Å²) in [5.41, 5.74) is 8.66. The number of methoxy groups -OCH3 is 1. The van der Waals surface area contributed by atoms with E-state index in [9.17, 15) is 0 Å². The molecule has 1 aliphatic heterocycles. The van der Waals surface area contributed by atoms with Gasteiger partial charge in [-0.25, -0.2) is 0 Å². The van der Waals surface area contributed by atoms with Crippen molar-refractivity contribution in [2.45, 2.75) is 24.0 Å². The minimum absolute atomic E-state index is 0.0613. The first-order valence-corrected chi connectivity index (χ1v) is 6.71. The van der Waals surface area contributed by atoms with E-state index in [1.165, 1.54) is 5.56 Å². The van der Waals surface area contributed by atoms with Crippen LogP contribution in [0, 0.1) is 0 Å². The molecule has 0 bridgehead atoms. The van der Waals surface area contributed by atoms with Crippen molar-refractivity contribution in [2.24, 2.45) is 5.73 Å². The van der Waals surface area contributed by atoms with E-state index in [1.807, 2.05) is 23.9 Å². The Bertz CT molecular complexity index is 383. The minimum atomic E-state index is 0.0613. The highest BCUT2D eigenvalue weighted by Gasteiger charge is 2.28. The second kappa shape index (κ2) is 4.36. The number of rotatable bonds is 1. The summed E-state index contributed by atoms with van der Waals surface area (Å²) in [6.45, 7) is 2.17. The van der Waals surface area contributed by atoms with E-state index in [0.717, 1.165) is 21.5 Å². The smallest absolute Gasteiger partial charge is 0.124 e. The van der Waals surface area contributed by atoms with Crippen molar-refractivity contribution < 1.29 is 4.74 Å². The van der Waals surface area contributed by atoms with Crippen LogP contribution in [0.3, 0.4) is 0 Å². The largest absolute Gasteiger partial charge is 0.496 e. The van der Waals surface area contributed by atoms with Gasteiger partial charge in [-0.05, 0) is 17.7 Å². The van der Waals surface area contributed by atoms with Gasteiger partial charge in [-0.15, -0.1) is 0 Å². The molecule has 1 aromatic carbocycles. The van der Waals surface area contributed by atoms with Gasteiger partial charge in [0.2, 0.25) is 0 Å². The number of thioether (sulfide) groups is 1. The lowest BCUT2D eigenvalue weighted by Crippen LogP contribution is -2.26. The van der Waals surface area contributed by atoms with E-state index in [0.29, 0.717) is 5.25 Å². The molecule has 0 saturated carbocycles. The summed E-state index contributed by atoms with van der Waals surface area (Å²) < 4.78 is 6.51. The zero-order valence-electron chi connectivity index (χ0n) is 8.79. The van der Waals surface area contributed by atoms with Gasteiger partial charge in [0.1, 0.15) is 5.75 Å². The Balaban J connectivity index is 2.57. The van der Waals surface area contributed by atoms with Gasteiger partial charge in [-0.3, -0.25) is 0 Å². The Morgan fingerprint density at radius 2 is 2.27 bits per heavy atom. The van der Waals surface area contributed by atoms with Crippen LogP contribution in [0.4, 0.5) is 0 Å². The maximum atomic E-state index is 6.21. The van der Waals surface area contributed by atoms with Gasteiger partial charge in [-0.1, -0.05) is 22.9 Å². The molecule has 2 unspecified atom stereocenters. The molecule has 0 spiro atoms. The van der Waals surface area contributed by atoms with Crippen LogP contribution >= 0.6 is 27.7 Å². The van der Waals surface area contributed by atoms with E-state index in [4.69, 9.17) is 10.5 Å². The molecule has 15 heavy (non-hydrogen) atoms. The summed E-state index contributed by atoms with van der Waals surface area (Å²) in [4.78, 5) is 0. The first-order chi connectivity index (χ1) is 7.15. The van der Waals surface area contributed by atoms with Crippen LogP contribution in [0.1, 0.15) is 24.1 Å². The van der Waals surface area contributed by atoms with E-state index in [1.54, 1.807) is 7.11 Å². The third kappa shape index (κ3) is 1.90. The summed E-state index contributed by atoms with van der Waals surface area (Å²) in [5, 5.41) is 0.445. The molecular formula is C11H14BrNOS. The average Bonchev–Trinajstić information content (AvgIpc) is 2.24. The van der Waals surface area contributed by atoms with Gasteiger partial charge in [0.25, 0.3) is 0 Å². The Morgan fingerprint density at radius 1 is 1.53 bits per heavy atom. The molecular weight excluding hydrogens is 274 g/mol. The first-order valence-electron chi connectivity index (χ1n) is 4.87. The van der Waals surface area contributed by atoms with E-state index in [-0.39, 0.29) is 6.04 Å². The van der Waals surface area contributed by atoms with Gasteiger partial charge in [0.15, 0.2) is 0 Å². The molecule has 0 radical (unpaired) electrons. The first kappa shape index (κ1) is 11.3. The summed E-state index contributed by atoms with van der Waals surface area (Å²) in [7, 11) is 1.70.